The molecule has 5 nitrogen and oxygen atoms in total. The summed E-state index contributed by atoms with van der Waals surface area (Å²) in [5, 5.41) is 10.6. The van der Waals surface area contributed by atoms with Crippen molar-refractivity contribution in [3.63, 3.8) is 0 Å². The van der Waals surface area contributed by atoms with E-state index in [1.165, 1.54) is 6.07 Å². The second-order valence-corrected chi connectivity index (χ2v) is 3.00. The van der Waals surface area contributed by atoms with Crippen LogP contribution in [0.15, 0.2) is 12.1 Å². The molecule has 0 amide bonds. The second-order valence-electron chi connectivity index (χ2n) is 3.00. The number of carbonyl (C=O) groups is 1. The van der Waals surface area contributed by atoms with Gasteiger partial charge in [0.05, 0.1) is 11.5 Å². The number of nitrogens with zero attached hydrogens (tertiary/aromatic N) is 1. The van der Waals surface area contributed by atoms with Gasteiger partial charge in [-0.3, -0.25) is 14.9 Å². The standard InChI is InChI=1S/C9H7NO4/c11-5-6-3-7-1-2-14-9(7)8(4-6)10(12)13/h3-5H,1-2H2. The maximum Gasteiger partial charge on any atom is 0.311 e. The minimum atomic E-state index is -0.531. The normalized spacial score (nSPS) is 13.1. The zero-order valence-corrected chi connectivity index (χ0v) is 7.23. The van der Waals surface area contributed by atoms with E-state index >= 15 is 0 Å². The Hall–Kier alpha value is -1.91. The third-order valence-electron chi connectivity index (χ3n) is 2.12. The first-order chi connectivity index (χ1) is 6.72. The molecule has 0 fully saturated rings. The van der Waals surface area contributed by atoms with Gasteiger partial charge in [-0.1, -0.05) is 0 Å². The lowest BCUT2D eigenvalue weighted by Crippen LogP contribution is -1.94. The number of nitro groups is 1. The first kappa shape index (κ1) is 8.68. The summed E-state index contributed by atoms with van der Waals surface area (Å²) < 4.78 is 5.13. The minimum absolute atomic E-state index is 0.123. The number of aldehydes is 1. The summed E-state index contributed by atoms with van der Waals surface area (Å²) >= 11 is 0. The van der Waals surface area contributed by atoms with Gasteiger partial charge >= 0.3 is 5.69 Å². The highest BCUT2D eigenvalue weighted by molar-refractivity contribution is 5.78. The van der Waals surface area contributed by atoms with E-state index in [4.69, 9.17) is 4.74 Å². The number of carbonyl (C=O) groups excluding carboxylic acids is 1. The van der Waals surface area contributed by atoms with Crippen molar-refractivity contribution in [1.29, 1.82) is 0 Å². The summed E-state index contributed by atoms with van der Waals surface area (Å²) in [6, 6.07) is 2.86. The van der Waals surface area contributed by atoms with Crippen molar-refractivity contribution in [3.05, 3.63) is 33.4 Å². The van der Waals surface area contributed by atoms with Crippen molar-refractivity contribution in [2.45, 2.75) is 6.42 Å². The fraction of sp³-hybridized carbons (Fsp3) is 0.222. The third kappa shape index (κ3) is 1.22. The van der Waals surface area contributed by atoms with Crippen LogP contribution in [0.2, 0.25) is 0 Å². The molecule has 0 saturated carbocycles. The molecule has 0 unspecified atom stereocenters. The van der Waals surface area contributed by atoms with E-state index in [9.17, 15) is 14.9 Å². The van der Waals surface area contributed by atoms with E-state index in [1.807, 2.05) is 0 Å². The molecule has 1 aromatic carbocycles. The maximum atomic E-state index is 10.6. The SMILES string of the molecule is O=Cc1cc2c(c([N+](=O)[O-])c1)OCC2. The highest BCUT2D eigenvalue weighted by Crippen LogP contribution is 2.35. The van der Waals surface area contributed by atoms with Crippen LogP contribution in [-0.2, 0) is 6.42 Å². The van der Waals surface area contributed by atoms with Crippen LogP contribution in [0.4, 0.5) is 5.69 Å². The molecule has 0 aromatic heterocycles. The Morgan fingerprint density at radius 2 is 2.29 bits per heavy atom. The van der Waals surface area contributed by atoms with Crippen molar-refractivity contribution in [2.24, 2.45) is 0 Å². The van der Waals surface area contributed by atoms with Gasteiger partial charge in [-0.25, -0.2) is 0 Å². The Kier molecular flexibility index (Phi) is 1.92. The number of rotatable bonds is 2. The molecule has 1 aromatic rings. The van der Waals surface area contributed by atoms with Gasteiger partial charge in [0.25, 0.3) is 0 Å². The molecule has 1 aliphatic heterocycles. The molecule has 1 heterocycles. The monoisotopic (exact) mass is 193 g/mol. The quantitative estimate of drug-likeness (QED) is 0.403. The molecule has 72 valence electrons. The zero-order chi connectivity index (χ0) is 10.1. The molecule has 1 aliphatic rings. The van der Waals surface area contributed by atoms with Gasteiger partial charge in [0, 0.05) is 23.6 Å². The van der Waals surface area contributed by atoms with Crippen molar-refractivity contribution in [2.75, 3.05) is 6.61 Å². The maximum absolute atomic E-state index is 10.6. The van der Waals surface area contributed by atoms with Crippen LogP contribution < -0.4 is 4.74 Å². The molecule has 0 radical (unpaired) electrons. The summed E-state index contributed by atoms with van der Waals surface area (Å²) in [7, 11) is 0. The van der Waals surface area contributed by atoms with Gasteiger partial charge in [-0.05, 0) is 6.07 Å². The van der Waals surface area contributed by atoms with Crippen LogP contribution in [0, 0.1) is 10.1 Å². The van der Waals surface area contributed by atoms with E-state index in [0.717, 1.165) is 5.56 Å². The van der Waals surface area contributed by atoms with E-state index in [2.05, 4.69) is 0 Å². The summed E-state index contributed by atoms with van der Waals surface area (Å²) in [5.41, 5.74) is 0.935. The molecule has 0 N–H and O–H groups in total. The topological polar surface area (TPSA) is 69.4 Å². The average Bonchev–Trinajstić information content (AvgIpc) is 2.63. The van der Waals surface area contributed by atoms with Crippen molar-refractivity contribution >= 4 is 12.0 Å². The first-order valence-corrected chi connectivity index (χ1v) is 4.11. The lowest BCUT2D eigenvalue weighted by atomic mass is 10.1. The fourth-order valence-electron chi connectivity index (χ4n) is 1.52. The molecule has 0 bridgehead atoms. The van der Waals surface area contributed by atoms with Gasteiger partial charge in [0.15, 0.2) is 0 Å². The largest absolute Gasteiger partial charge is 0.486 e. The lowest BCUT2D eigenvalue weighted by molar-refractivity contribution is -0.385. The minimum Gasteiger partial charge on any atom is -0.486 e. The van der Waals surface area contributed by atoms with Crippen molar-refractivity contribution in [3.8, 4) is 5.75 Å². The van der Waals surface area contributed by atoms with Crippen LogP contribution in [0.1, 0.15) is 15.9 Å². The number of benzene rings is 1. The van der Waals surface area contributed by atoms with Gasteiger partial charge < -0.3 is 4.74 Å². The van der Waals surface area contributed by atoms with Gasteiger partial charge in [-0.15, -0.1) is 0 Å². The molecule has 0 spiro atoms. The molecule has 0 atom stereocenters. The highest BCUT2D eigenvalue weighted by atomic mass is 16.6. The summed E-state index contributed by atoms with van der Waals surface area (Å²) in [6.45, 7) is 0.443. The van der Waals surface area contributed by atoms with Crippen LogP contribution in [-0.4, -0.2) is 17.8 Å². The average molecular weight is 193 g/mol. The summed E-state index contributed by atoms with van der Waals surface area (Å²) in [6.07, 6.45) is 1.23. The third-order valence-corrected chi connectivity index (χ3v) is 2.12. The summed E-state index contributed by atoms with van der Waals surface area (Å²) in [5.74, 6) is 0.306. The van der Waals surface area contributed by atoms with Crippen molar-refractivity contribution in [1.82, 2.24) is 0 Å². The van der Waals surface area contributed by atoms with E-state index in [0.29, 0.717) is 30.6 Å². The Balaban J connectivity index is 2.63. The van der Waals surface area contributed by atoms with Gasteiger partial charge in [-0.2, -0.15) is 0 Å². The van der Waals surface area contributed by atoms with Crippen molar-refractivity contribution < 1.29 is 14.5 Å². The Labute approximate surface area is 79.4 Å². The van der Waals surface area contributed by atoms with Crippen LogP contribution in [0.5, 0.6) is 5.75 Å². The Morgan fingerprint density at radius 1 is 1.50 bits per heavy atom. The molecule has 0 aliphatic carbocycles. The highest BCUT2D eigenvalue weighted by Gasteiger charge is 2.24. The lowest BCUT2D eigenvalue weighted by Gasteiger charge is -2.00. The molecule has 14 heavy (non-hydrogen) atoms. The smallest absolute Gasteiger partial charge is 0.311 e. The second kappa shape index (κ2) is 3.10. The Morgan fingerprint density at radius 3 is 2.93 bits per heavy atom. The van der Waals surface area contributed by atoms with Gasteiger partial charge in [0.1, 0.15) is 6.29 Å². The predicted molar refractivity (Wildman–Crippen MR) is 47.7 cm³/mol. The number of fused-ring (bicyclic) bond motifs is 1. The van der Waals surface area contributed by atoms with E-state index in [-0.39, 0.29) is 5.69 Å². The van der Waals surface area contributed by atoms with E-state index in [1.54, 1.807) is 6.07 Å². The van der Waals surface area contributed by atoms with Crippen LogP contribution in [0.3, 0.4) is 0 Å². The van der Waals surface area contributed by atoms with Crippen LogP contribution >= 0.6 is 0 Å². The fourth-order valence-corrected chi connectivity index (χ4v) is 1.52. The molecule has 2 rings (SSSR count). The van der Waals surface area contributed by atoms with Gasteiger partial charge in [0.2, 0.25) is 5.75 Å². The molecule has 0 saturated heterocycles. The summed E-state index contributed by atoms with van der Waals surface area (Å²) in [4.78, 5) is 20.6. The first-order valence-electron chi connectivity index (χ1n) is 4.11. The zero-order valence-electron chi connectivity index (χ0n) is 7.23. The molecule has 5 heteroatoms. The number of hydrogen-bond acceptors (Lipinski definition) is 4. The van der Waals surface area contributed by atoms with Crippen LogP contribution in [0.25, 0.3) is 0 Å². The predicted octanol–water partition coefficient (Wildman–Crippen LogP) is 1.34. The molecular weight excluding hydrogens is 186 g/mol. The number of nitro benzene ring substituents is 1. The Bertz CT molecular complexity index is 414. The van der Waals surface area contributed by atoms with E-state index < -0.39 is 4.92 Å². The number of ether oxygens (including phenoxy) is 1. The number of hydrogen-bond donors (Lipinski definition) is 0. The molecular formula is C9H7NO4.